The lowest BCUT2D eigenvalue weighted by atomic mass is 10.2. The van der Waals surface area contributed by atoms with Crippen LogP contribution in [-0.4, -0.2) is 62.5 Å². The van der Waals surface area contributed by atoms with E-state index in [9.17, 15) is 18.3 Å². The zero-order chi connectivity index (χ0) is 28.3. The molecule has 2 atom stereocenters. The maximum atomic E-state index is 13.2. The predicted octanol–water partition coefficient (Wildman–Crippen LogP) is 3.84. The van der Waals surface area contributed by atoms with Crippen molar-refractivity contribution in [3.63, 3.8) is 0 Å². The first-order valence-corrected chi connectivity index (χ1v) is 13.7. The Hall–Kier alpha value is -3.33. The standard InChI is InChI=1S/C27H37N3O7S/c1-20(10-9-15-28)36-24-16-23(35-5)13-14-25(24)38(33,34)29-17-22(31)19-30(26(32)37-27(2,3)4)18-21-11-7-6-8-12-21/h6-8,11-14,16,20,22,29,31H,9-10,17-19H2,1-5H3. The molecule has 0 fully saturated rings. The highest BCUT2D eigenvalue weighted by atomic mass is 32.2. The summed E-state index contributed by atoms with van der Waals surface area (Å²) >= 11 is 0. The lowest BCUT2D eigenvalue weighted by Crippen LogP contribution is -2.44. The van der Waals surface area contributed by atoms with Crippen LogP contribution in [0.5, 0.6) is 11.5 Å². The Balaban J connectivity index is 2.16. The topological polar surface area (TPSA) is 138 Å². The molecule has 38 heavy (non-hydrogen) atoms. The number of nitrogens with one attached hydrogen (secondary N) is 1. The fourth-order valence-electron chi connectivity index (χ4n) is 3.41. The third-order valence-corrected chi connectivity index (χ3v) is 6.70. The van der Waals surface area contributed by atoms with Gasteiger partial charge in [0.2, 0.25) is 10.0 Å². The number of aliphatic hydroxyl groups is 1. The Bertz CT molecular complexity index is 1190. The number of nitriles is 1. The van der Waals surface area contributed by atoms with E-state index in [-0.39, 0.29) is 36.7 Å². The minimum absolute atomic E-state index is 0.0660. The second-order valence-electron chi connectivity index (χ2n) is 9.79. The first kappa shape index (κ1) is 30.9. The summed E-state index contributed by atoms with van der Waals surface area (Å²) in [7, 11) is -2.66. The van der Waals surface area contributed by atoms with Gasteiger partial charge in [0.1, 0.15) is 22.0 Å². The van der Waals surface area contributed by atoms with Gasteiger partial charge >= 0.3 is 6.09 Å². The van der Waals surface area contributed by atoms with E-state index < -0.39 is 33.9 Å². The number of benzene rings is 2. The minimum atomic E-state index is -4.11. The molecule has 0 aliphatic heterocycles. The van der Waals surface area contributed by atoms with Crippen molar-refractivity contribution in [2.75, 3.05) is 20.2 Å². The molecule has 208 valence electrons. The number of hydrogen-bond acceptors (Lipinski definition) is 8. The van der Waals surface area contributed by atoms with Crippen LogP contribution < -0.4 is 14.2 Å². The molecule has 2 N–H and O–H groups in total. The molecule has 11 heteroatoms. The quantitative estimate of drug-likeness (QED) is 0.386. The Morgan fingerprint density at radius 1 is 1.18 bits per heavy atom. The van der Waals surface area contributed by atoms with Crippen LogP contribution in [0.25, 0.3) is 0 Å². The van der Waals surface area contributed by atoms with Crippen molar-refractivity contribution < 1.29 is 32.5 Å². The molecular weight excluding hydrogens is 510 g/mol. The number of aliphatic hydroxyl groups excluding tert-OH is 1. The second kappa shape index (κ2) is 14.0. The van der Waals surface area contributed by atoms with Gasteiger partial charge in [-0.3, -0.25) is 0 Å². The summed E-state index contributed by atoms with van der Waals surface area (Å²) in [6.45, 7) is 6.62. The van der Waals surface area contributed by atoms with E-state index in [2.05, 4.69) is 4.72 Å². The van der Waals surface area contributed by atoms with Crippen molar-refractivity contribution in [3.05, 3.63) is 54.1 Å². The molecule has 0 heterocycles. The van der Waals surface area contributed by atoms with Gasteiger partial charge in [-0.05, 0) is 51.8 Å². The highest BCUT2D eigenvalue weighted by Gasteiger charge is 2.27. The summed E-state index contributed by atoms with van der Waals surface area (Å²) in [5, 5.41) is 19.5. The van der Waals surface area contributed by atoms with Gasteiger partial charge in [-0.15, -0.1) is 0 Å². The number of methoxy groups -OCH3 is 1. The molecule has 2 aromatic rings. The van der Waals surface area contributed by atoms with Crippen molar-refractivity contribution in [1.82, 2.24) is 9.62 Å². The van der Waals surface area contributed by atoms with Crippen LogP contribution in [0.15, 0.2) is 53.4 Å². The number of hydrogen-bond donors (Lipinski definition) is 2. The number of ether oxygens (including phenoxy) is 3. The molecule has 0 radical (unpaired) electrons. The number of amides is 1. The van der Waals surface area contributed by atoms with Gasteiger partial charge in [-0.25, -0.2) is 17.9 Å². The van der Waals surface area contributed by atoms with E-state index in [0.29, 0.717) is 12.2 Å². The van der Waals surface area contributed by atoms with E-state index in [1.165, 1.54) is 30.2 Å². The third kappa shape index (κ3) is 10.2. The first-order chi connectivity index (χ1) is 17.8. The van der Waals surface area contributed by atoms with Crippen LogP contribution in [0.2, 0.25) is 0 Å². The van der Waals surface area contributed by atoms with Crippen molar-refractivity contribution in [2.24, 2.45) is 0 Å². The number of nitrogens with zero attached hydrogens (tertiary/aromatic N) is 2. The molecule has 0 spiro atoms. The molecule has 2 rings (SSSR count). The summed E-state index contributed by atoms with van der Waals surface area (Å²) in [5.41, 5.74) is 0.0879. The van der Waals surface area contributed by atoms with Gasteiger partial charge < -0.3 is 24.2 Å². The summed E-state index contributed by atoms with van der Waals surface area (Å²) in [4.78, 5) is 14.0. The van der Waals surface area contributed by atoms with Gasteiger partial charge in [-0.1, -0.05) is 30.3 Å². The van der Waals surface area contributed by atoms with Gasteiger partial charge in [0.05, 0.1) is 31.9 Å². The normalized spacial score (nSPS) is 13.2. The molecule has 2 aromatic carbocycles. The second-order valence-corrected chi connectivity index (χ2v) is 11.5. The molecule has 10 nitrogen and oxygen atoms in total. The van der Waals surface area contributed by atoms with Crippen molar-refractivity contribution in [2.45, 2.75) is 69.8 Å². The average Bonchev–Trinajstić information content (AvgIpc) is 2.85. The predicted molar refractivity (Wildman–Crippen MR) is 142 cm³/mol. The summed E-state index contributed by atoms with van der Waals surface area (Å²) in [6.07, 6.45) is -1.59. The molecule has 0 saturated heterocycles. The number of carbonyl (C=O) groups is 1. The highest BCUT2D eigenvalue weighted by molar-refractivity contribution is 7.89. The molecule has 0 saturated carbocycles. The van der Waals surface area contributed by atoms with Gasteiger partial charge in [0.25, 0.3) is 0 Å². The zero-order valence-electron chi connectivity index (χ0n) is 22.5. The third-order valence-electron chi connectivity index (χ3n) is 5.24. The minimum Gasteiger partial charge on any atom is -0.497 e. The number of carbonyl (C=O) groups excluding carboxylic acids is 1. The molecule has 0 bridgehead atoms. The smallest absolute Gasteiger partial charge is 0.410 e. The molecule has 0 aliphatic rings. The lowest BCUT2D eigenvalue weighted by Gasteiger charge is -2.29. The average molecular weight is 548 g/mol. The van der Waals surface area contributed by atoms with E-state index in [1.807, 2.05) is 36.4 Å². The molecule has 2 unspecified atom stereocenters. The van der Waals surface area contributed by atoms with Gasteiger partial charge in [0.15, 0.2) is 0 Å². The first-order valence-electron chi connectivity index (χ1n) is 12.3. The Morgan fingerprint density at radius 3 is 2.47 bits per heavy atom. The van der Waals surface area contributed by atoms with Crippen LogP contribution in [0.1, 0.15) is 46.1 Å². The molecular formula is C27H37N3O7S. The SMILES string of the molecule is COc1ccc(S(=O)(=O)NCC(O)CN(Cc2ccccc2)C(=O)OC(C)(C)C)c(OC(C)CCC#N)c1. The maximum Gasteiger partial charge on any atom is 0.410 e. The van der Waals surface area contributed by atoms with Crippen molar-refractivity contribution >= 4 is 16.1 Å². The van der Waals surface area contributed by atoms with Crippen LogP contribution in [0.4, 0.5) is 4.79 Å². The van der Waals surface area contributed by atoms with Crippen LogP contribution in [-0.2, 0) is 21.3 Å². The monoisotopic (exact) mass is 547 g/mol. The van der Waals surface area contributed by atoms with E-state index in [4.69, 9.17) is 19.5 Å². The summed E-state index contributed by atoms with van der Waals surface area (Å²) < 4.78 is 45.2. The molecule has 0 aliphatic carbocycles. The summed E-state index contributed by atoms with van der Waals surface area (Å²) in [5.74, 6) is 0.469. The van der Waals surface area contributed by atoms with Crippen LogP contribution in [0, 0.1) is 11.3 Å². The van der Waals surface area contributed by atoms with Crippen LogP contribution >= 0.6 is 0 Å². The number of rotatable bonds is 13. The Kier molecular flexibility index (Phi) is 11.4. The molecule has 1 amide bonds. The van der Waals surface area contributed by atoms with Crippen molar-refractivity contribution in [1.29, 1.82) is 5.26 Å². The van der Waals surface area contributed by atoms with E-state index in [1.54, 1.807) is 27.7 Å². The molecule has 0 aromatic heterocycles. The van der Waals surface area contributed by atoms with Crippen molar-refractivity contribution in [3.8, 4) is 17.6 Å². The zero-order valence-corrected chi connectivity index (χ0v) is 23.3. The fourth-order valence-corrected chi connectivity index (χ4v) is 4.60. The lowest BCUT2D eigenvalue weighted by molar-refractivity contribution is 0.0132. The highest BCUT2D eigenvalue weighted by Crippen LogP contribution is 2.30. The summed E-state index contributed by atoms with van der Waals surface area (Å²) in [6, 6.07) is 15.5. The Labute approximate surface area is 225 Å². The Morgan fingerprint density at radius 2 is 1.87 bits per heavy atom. The maximum absolute atomic E-state index is 13.2. The van der Waals surface area contributed by atoms with Gasteiger partial charge in [-0.2, -0.15) is 5.26 Å². The van der Waals surface area contributed by atoms with E-state index >= 15 is 0 Å². The van der Waals surface area contributed by atoms with E-state index in [0.717, 1.165) is 5.56 Å². The number of sulfonamides is 1. The van der Waals surface area contributed by atoms with Gasteiger partial charge in [0, 0.05) is 25.6 Å². The largest absolute Gasteiger partial charge is 0.497 e. The van der Waals surface area contributed by atoms with Crippen LogP contribution in [0.3, 0.4) is 0 Å². The fraction of sp³-hybridized carbons (Fsp3) is 0.481.